The molecule has 7 heteroatoms. The van der Waals surface area contributed by atoms with E-state index in [1.807, 2.05) is 6.92 Å². The van der Waals surface area contributed by atoms with Crippen molar-refractivity contribution in [3.8, 4) is 5.75 Å². The zero-order valence-corrected chi connectivity index (χ0v) is 13.6. The van der Waals surface area contributed by atoms with Gasteiger partial charge in [-0.25, -0.2) is 4.98 Å². The Balaban J connectivity index is 2.01. The van der Waals surface area contributed by atoms with Crippen LogP contribution in [-0.2, 0) is 0 Å². The van der Waals surface area contributed by atoms with E-state index in [9.17, 15) is 4.79 Å². The van der Waals surface area contributed by atoms with Gasteiger partial charge >= 0.3 is 0 Å². The van der Waals surface area contributed by atoms with E-state index in [1.165, 1.54) is 23.3 Å². The Morgan fingerprint density at radius 3 is 2.89 bits per heavy atom. The standard InChI is InChI=1S/C12H11BrN2O2S2/c1-7-14-12(19-15-7)18-6-10(16)8-3-4-11(17-2)9(13)5-8/h3-5H,6H2,1-2H3. The number of ketones is 1. The molecule has 0 fully saturated rings. The van der Waals surface area contributed by atoms with E-state index in [1.54, 1.807) is 25.3 Å². The van der Waals surface area contributed by atoms with Crippen LogP contribution in [0.25, 0.3) is 0 Å². The van der Waals surface area contributed by atoms with Crippen molar-refractivity contribution < 1.29 is 9.53 Å². The van der Waals surface area contributed by atoms with Crippen molar-refractivity contribution in [2.45, 2.75) is 11.3 Å². The van der Waals surface area contributed by atoms with Gasteiger partial charge in [-0.05, 0) is 52.6 Å². The summed E-state index contributed by atoms with van der Waals surface area (Å²) in [5.74, 6) is 1.87. The van der Waals surface area contributed by atoms with Crippen LogP contribution in [-0.4, -0.2) is 28.0 Å². The molecule has 0 aliphatic carbocycles. The number of carbonyl (C=O) groups excluding carboxylic acids is 1. The number of Topliss-reactive ketones (excluding diaryl/α,β-unsaturated/α-hetero) is 1. The number of benzene rings is 1. The summed E-state index contributed by atoms with van der Waals surface area (Å²) in [4.78, 5) is 16.3. The Bertz CT molecular complexity index is 601. The molecule has 1 aromatic heterocycles. The van der Waals surface area contributed by atoms with E-state index in [0.29, 0.717) is 17.1 Å². The van der Waals surface area contributed by atoms with Crippen LogP contribution in [0, 0.1) is 6.92 Å². The first kappa shape index (κ1) is 14.5. The summed E-state index contributed by atoms with van der Waals surface area (Å²) in [6.45, 7) is 1.84. The fourth-order valence-electron chi connectivity index (χ4n) is 1.39. The van der Waals surface area contributed by atoms with E-state index in [2.05, 4.69) is 25.3 Å². The van der Waals surface area contributed by atoms with Crippen LogP contribution in [0.4, 0.5) is 0 Å². The molecule has 1 heterocycles. The van der Waals surface area contributed by atoms with E-state index < -0.39 is 0 Å². The minimum atomic E-state index is 0.0567. The van der Waals surface area contributed by atoms with E-state index in [4.69, 9.17) is 4.74 Å². The molecule has 0 aliphatic rings. The van der Waals surface area contributed by atoms with Gasteiger partial charge in [0, 0.05) is 5.56 Å². The highest BCUT2D eigenvalue weighted by atomic mass is 79.9. The number of aryl methyl sites for hydroxylation is 1. The monoisotopic (exact) mass is 358 g/mol. The van der Waals surface area contributed by atoms with Gasteiger partial charge in [0.1, 0.15) is 11.6 Å². The van der Waals surface area contributed by atoms with Crippen molar-refractivity contribution in [2.24, 2.45) is 0 Å². The zero-order chi connectivity index (χ0) is 13.8. The summed E-state index contributed by atoms with van der Waals surface area (Å²) >= 11 is 6.10. The van der Waals surface area contributed by atoms with Crippen LogP contribution < -0.4 is 4.74 Å². The predicted molar refractivity (Wildman–Crippen MR) is 80.4 cm³/mol. The molecule has 0 amide bonds. The summed E-state index contributed by atoms with van der Waals surface area (Å²) in [7, 11) is 1.59. The molecule has 2 rings (SSSR count). The molecule has 2 aromatic rings. The molecule has 0 aliphatic heterocycles. The lowest BCUT2D eigenvalue weighted by molar-refractivity contribution is 0.102. The topological polar surface area (TPSA) is 52.1 Å². The maximum atomic E-state index is 12.1. The van der Waals surface area contributed by atoms with Crippen molar-refractivity contribution >= 4 is 45.0 Å². The quantitative estimate of drug-likeness (QED) is 0.603. The van der Waals surface area contributed by atoms with E-state index >= 15 is 0 Å². The Kier molecular flexibility index (Phi) is 4.95. The van der Waals surface area contributed by atoms with Gasteiger partial charge in [0.25, 0.3) is 0 Å². The predicted octanol–water partition coefficient (Wildman–Crippen LogP) is 3.59. The molecule has 0 bridgehead atoms. The van der Waals surface area contributed by atoms with Crippen molar-refractivity contribution in [1.29, 1.82) is 0 Å². The molecular weight excluding hydrogens is 348 g/mol. The molecule has 0 saturated carbocycles. The minimum Gasteiger partial charge on any atom is -0.496 e. The first-order chi connectivity index (χ1) is 9.10. The van der Waals surface area contributed by atoms with Crippen LogP contribution in [0.5, 0.6) is 5.75 Å². The third-order valence-corrected chi connectivity index (χ3v) is 4.85. The van der Waals surface area contributed by atoms with Crippen molar-refractivity contribution in [3.05, 3.63) is 34.1 Å². The molecule has 0 atom stereocenters. The minimum absolute atomic E-state index is 0.0567. The molecule has 1 aromatic carbocycles. The number of hydrogen-bond acceptors (Lipinski definition) is 6. The summed E-state index contributed by atoms with van der Waals surface area (Å²) in [5, 5.41) is 0. The lowest BCUT2D eigenvalue weighted by Gasteiger charge is -2.05. The number of halogens is 1. The Morgan fingerprint density at radius 1 is 1.53 bits per heavy atom. The highest BCUT2D eigenvalue weighted by Crippen LogP contribution is 2.27. The van der Waals surface area contributed by atoms with Gasteiger partial charge in [-0.3, -0.25) is 4.79 Å². The van der Waals surface area contributed by atoms with Gasteiger partial charge in [0.05, 0.1) is 17.3 Å². The van der Waals surface area contributed by atoms with Crippen molar-refractivity contribution in [1.82, 2.24) is 9.36 Å². The number of rotatable bonds is 5. The molecule has 0 saturated heterocycles. The summed E-state index contributed by atoms with van der Waals surface area (Å²) < 4.78 is 10.8. The average molecular weight is 359 g/mol. The number of carbonyl (C=O) groups is 1. The van der Waals surface area contributed by atoms with Crippen LogP contribution in [0.1, 0.15) is 16.2 Å². The molecule has 0 spiro atoms. The molecule has 4 nitrogen and oxygen atoms in total. The fourth-order valence-corrected chi connectivity index (χ4v) is 3.47. The van der Waals surface area contributed by atoms with E-state index in [-0.39, 0.29) is 5.78 Å². The van der Waals surface area contributed by atoms with Gasteiger partial charge in [0.2, 0.25) is 0 Å². The second-order valence-corrected chi connectivity index (χ2v) is 6.50. The van der Waals surface area contributed by atoms with Gasteiger partial charge in [-0.1, -0.05) is 11.8 Å². The highest BCUT2D eigenvalue weighted by molar-refractivity contribution is 9.10. The molecular formula is C12H11BrN2O2S2. The summed E-state index contributed by atoms with van der Waals surface area (Å²) in [6.07, 6.45) is 0. The SMILES string of the molecule is COc1ccc(C(=O)CSc2nc(C)ns2)cc1Br. The Hall–Kier alpha value is -0.920. The number of methoxy groups -OCH3 is 1. The van der Waals surface area contributed by atoms with Crippen molar-refractivity contribution in [3.63, 3.8) is 0 Å². The van der Waals surface area contributed by atoms with Gasteiger partial charge in [0.15, 0.2) is 10.1 Å². The fraction of sp³-hybridized carbons (Fsp3) is 0.250. The Morgan fingerprint density at radius 2 is 2.32 bits per heavy atom. The molecule has 0 N–H and O–H groups in total. The maximum absolute atomic E-state index is 12.1. The maximum Gasteiger partial charge on any atom is 0.173 e. The average Bonchev–Trinajstić information content (AvgIpc) is 2.81. The first-order valence-electron chi connectivity index (χ1n) is 5.40. The van der Waals surface area contributed by atoms with Gasteiger partial charge < -0.3 is 4.74 Å². The number of nitrogens with zero attached hydrogens (tertiary/aromatic N) is 2. The third-order valence-electron chi connectivity index (χ3n) is 2.31. The molecule has 100 valence electrons. The highest BCUT2D eigenvalue weighted by Gasteiger charge is 2.11. The van der Waals surface area contributed by atoms with Gasteiger partial charge in [-0.15, -0.1) is 0 Å². The largest absolute Gasteiger partial charge is 0.496 e. The van der Waals surface area contributed by atoms with Crippen LogP contribution in [0.2, 0.25) is 0 Å². The lowest BCUT2D eigenvalue weighted by Crippen LogP contribution is -2.02. The number of ether oxygens (including phenoxy) is 1. The third kappa shape index (κ3) is 3.77. The number of aromatic nitrogens is 2. The zero-order valence-electron chi connectivity index (χ0n) is 10.3. The second kappa shape index (κ2) is 6.49. The molecule has 0 radical (unpaired) electrons. The molecule has 0 unspecified atom stereocenters. The summed E-state index contributed by atoms with van der Waals surface area (Å²) in [6, 6.07) is 5.31. The normalized spacial score (nSPS) is 10.5. The smallest absolute Gasteiger partial charge is 0.173 e. The second-order valence-electron chi connectivity index (χ2n) is 3.67. The van der Waals surface area contributed by atoms with E-state index in [0.717, 1.165) is 14.6 Å². The van der Waals surface area contributed by atoms with Crippen LogP contribution in [0.15, 0.2) is 27.0 Å². The number of thioether (sulfide) groups is 1. The summed E-state index contributed by atoms with van der Waals surface area (Å²) in [5.41, 5.74) is 0.654. The molecule has 19 heavy (non-hydrogen) atoms. The van der Waals surface area contributed by atoms with Crippen LogP contribution in [0.3, 0.4) is 0 Å². The van der Waals surface area contributed by atoms with Crippen molar-refractivity contribution in [2.75, 3.05) is 12.9 Å². The lowest BCUT2D eigenvalue weighted by atomic mass is 10.1. The first-order valence-corrected chi connectivity index (χ1v) is 7.95. The Labute approximate surface area is 127 Å². The van der Waals surface area contributed by atoms with Gasteiger partial charge in [-0.2, -0.15) is 4.37 Å². The number of hydrogen-bond donors (Lipinski definition) is 0. The van der Waals surface area contributed by atoms with Crippen LogP contribution >= 0.6 is 39.2 Å².